The van der Waals surface area contributed by atoms with Crippen molar-refractivity contribution in [1.29, 1.82) is 0 Å². The first kappa shape index (κ1) is 16.8. The zero-order valence-electron chi connectivity index (χ0n) is 13.5. The fourth-order valence-electron chi connectivity index (χ4n) is 2.93. The molecule has 0 saturated carbocycles. The van der Waals surface area contributed by atoms with Gasteiger partial charge in [0, 0.05) is 17.8 Å². The highest BCUT2D eigenvalue weighted by Crippen LogP contribution is 2.21. The minimum Gasteiger partial charge on any atom is -0.480 e. The Morgan fingerprint density at radius 3 is 2.72 bits per heavy atom. The van der Waals surface area contributed by atoms with E-state index in [2.05, 4.69) is 5.32 Å². The van der Waals surface area contributed by atoms with Gasteiger partial charge in [-0.25, -0.2) is 4.79 Å². The van der Waals surface area contributed by atoms with Crippen LogP contribution in [0.15, 0.2) is 47.1 Å². The van der Waals surface area contributed by atoms with Gasteiger partial charge < -0.3 is 19.7 Å². The Bertz CT molecular complexity index is 785. The van der Waals surface area contributed by atoms with E-state index in [1.165, 1.54) is 23.3 Å². The van der Waals surface area contributed by atoms with Crippen LogP contribution in [0.5, 0.6) is 0 Å². The smallest absolute Gasteiger partial charge is 0.326 e. The highest BCUT2D eigenvalue weighted by molar-refractivity contribution is 6.03. The van der Waals surface area contributed by atoms with Crippen molar-refractivity contribution in [3.63, 3.8) is 0 Å². The number of furan rings is 1. The molecular weight excluding hydrogens is 324 g/mol. The monoisotopic (exact) mass is 342 g/mol. The largest absolute Gasteiger partial charge is 0.480 e. The summed E-state index contributed by atoms with van der Waals surface area (Å²) < 4.78 is 5.03. The number of anilines is 1. The molecular formula is C18H18N2O5. The van der Waals surface area contributed by atoms with Gasteiger partial charge in [0.25, 0.3) is 11.8 Å². The van der Waals surface area contributed by atoms with Crippen LogP contribution in [-0.2, 0) is 4.79 Å². The van der Waals surface area contributed by atoms with Crippen LogP contribution in [0, 0.1) is 0 Å². The Kier molecular flexibility index (Phi) is 4.83. The first-order valence-electron chi connectivity index (χ1n) is 8.05. The minimum atomic E-state index is -0.990. The number of rotatable bonds is 4. The molecule has 1 fully saturated rings. The number of nitrogens with one attached hydrogen (secondary N) is 1. The van der Waals surface area contributed by atoms with Crippen LogP contribution in [0.4, 0.5) is 5.69 Å². The van der Waals surface area contributed by atoms with E-state index in [1.807, 2.05) is 0 Å². The maximum atomic E-state index is 12.7. The maximum Gasteiger partial charge on any atom is 0.326 e. The van der Waals surface area contributed by atoms with Crippen LogP contribution in [-0.4, -0.2) is 40.4 Å². The SMILES string of the molecule is O=C(Nc1cccc(C(=O)N2CCCCC2C(=O)O)c1)c1ccco1. The third-order valence-corrected chi connectivity index (χ3v) is 4.16. The molecule has 1 atom stereocenters. The number of carboxylic acids is 1. The topological polar surface area (TPSA) is 99.9 Å². The fraction of sp³-hybridized carbons (Fsp3) is 0.278. The fourth-order valence-corrected chi connectivity index (χ4v) is 2.93. The van der Waals surface area contributed by atoms with Crippen molar-refractivity contribution in [2.24, 2.45) is 0 Å². The first-order valence-corrected chi connectivity index (χ1v) is 8.05. The number of carbonyl (C=O) groups excluding carboxylic acids is 2. The number of piperidine rings is 1. The van der Waals surface area contributed by atoms with Crippen LogP contribution in [0.2, 0.25) is 0 Å². The summed E-state index contributed by atoms with van der Waals surface area (Å²) in [5, 5.41) is 12.0. The molecule has 2 N–H and O–H groups in total. The molecule has 0 spiro atoms. The third kappa shape index (κ3) is 3.71. The number of aliphatic carboxylic acids is 1. The third-order valence-electron chi connectivity index (χ3n) is 4.16. The lowest BCUT2D eigenvalue weighted by Crippen LogP contribution is -2.48. The second-order valence-electron chi connectivity index (χ2n) is 5.86. The summed E-state index contributed by atoms with van der Waals surface area (Å²) in [5.41, 5.74) is 0.779. The summed E-state index contributed by atoms with van der Waals surface area (Å²) in [6.07, 6.45) is 3.43. The molecule has 1 aliphatic rings. The van der Waals surface area contributed by atoms with E-state index < -0.39 is 17.9 Å². The Morgan fingerprint density at radius 1 is 1.16 bits per heavy atom. The van der Waals surface area contributed by atoms with Crippen LogP contribution < -0.4 is 5.32 Å². The lowest BCUT2D eigenvalue weighted by molar-refractivity contribution is -0.143. The van der Waals surface area contributed by atoms with Gasteiger partial charge in [-0.3, -0.25) is 9.59 Å². The summed E-state index contributed by atoms with van der Waals surface area (Å²) in [6, 6.07) is 8.79. The molecule has 1 aromatic carbocycles. The van der Waals surface area contributed by atoms with E-state index >= 15 is 0 Å². The van der Waals surface area contributed by atoms with Crippen molar-refractivity contribution in [3.05, 3.63) is 54.0 Å². The maximum absolute atomic E-state index is 12.7. The Balaban J connectivity index is 1.77. The minimum absolute atomic E-state index is 0.165. The lowest BCUT2D eigenvalue weighted by Gasteiger charge is -2.33. The molecule has 0 radical (unpaired) electrons. The zero-order valence-corrected chi connectivity index (χ0v) is 13.5. The zero-order chi connectivity index (χ0) is 17.8. The molecule has 7 heteroatoms. The summed E-state index contributed by atoms with van der Waals surface area (Å²) in [6.45, 7) is 0.415. The average Bonchev–Trinajstić information content (AvgIpc) is 3.16. The molecule has 2 amide bonds. The normalized spacial score (nSPS) is 17.1. The molecule has 2 aromatic rings. The van der Waals surface area contributed by atoms with Crippen LogP contribution in [0.25, 0.3) is 0 Å². The highest BCUT2D eigenvalue weighted by atomic mass is 16.4. The van der Waals surface area contributed by atoms with Gasteiger partial charge in [-0.05, 0) is 49.6 Å². The van der Waals surface area contributed by atoms with E-state index in [1.54, 1.807) is 24.3 Å². The molecule has 1 aliphatic heterocycles. The number of likely N-dealkylation sites (tertiary alicyclic amines) is 1. The molecule has 0 bridgehead atoms. The summed E-state index contributed by atoms with van der Waals surface area (Å²) in [5.74, 6) is -1.59. The highest BCUT2D eigenvalue weighted by Gasteiger charge is 2.32. The van der Waals surface area contributed by atoms with Crippen molar-refractivity contribution < 1.29 is 23.9 Å². The quantitative estimate of drug-likeness (QED) is 0.889. The summed E-state index contributed by atoms with van der Waals surface area (Å²) in [7, 11) is 0. The van der Waals surface area contributed by atoms with Crippen molar-refractivity contribution in [3.8, 4) is 0 Å². The van der Waals surface area contributed by atoms with Gasteiger partial charge in [-0.2, -0.15) is 0 Å². The Morgan fingerprint density at radius 2 is 2.00 bits per heavy atom. The van der Waals surface area contributed by atoms with Gasteiger partial charge in [-0.15, -0.1) is 0 Å². The van der Waals surface area contributed by atoms with Crippen molar-refractivity contribution in [2.75, 3.05) is 11.9 Å². The van der Waals surface area contributed by atoms with E-state index in [-0.39, 0.29) is 11.7 Å². The van der Waals surface area contributed by atoms with Gasteiger partial charge in [0.2, 0.25) is 0 Å². The average molecular weight is 342 g/mol. The van der Waals surface area contributed by atoms with E-state index in [0.29, 0.717) is 24.2 Å². The molecule has 7 nitrogen and oxygen atoms in total. The van der Waals surface area contributed by atoms with Crippen LogP contribution in [0.1, 0.15) is 40.2 Å². The van der Waals surface area contributed by atoms with E-state index in [0.717, 1.165) is 12.8 Å². The molecule has 1 unspecified atom stereocenters. The van der Waals surface area contributed by atoms with Crippen LogP contribution in [0.3, 0.4) is 0 Å². The molecule has 1 saturated heterocycles. The first-order chi connectivity index (χ1) is 12.1. The number of hydrogen-bond donors (Lipinski definition) is 2. The van der Waals surface area contributed by atoms with Crippen LogP contribution >= 0.6 is 0 Å². The predicted octanol–water partition coefficient (Wildman–Crippen LogP) is 2.61. The lowest BCUT2D eigenvalue weighted by atomic mass is 10.0. The number of carbonyl (C=O) groups is 3. The van der Waals surface area contributed by atoms with E-state index in [4.69, 9.17) is 4.42 Å². The predicted molar refractivity (Wildman–Crippen MR) is 89.4 cm³/mol. The number of carboxylic acid groups (broad SMARTS) is 1. The summed E-state index contributed by atoms with van der Waals surface area (Å²) in [4.78, 5) is 37.5. The Hall–Kier alpha value is -3.09. The van der Waals surface area contributed by atoms with Gasteiger partial charge in [-0.1, -0.05) is 6.07 Å². The molecule has 0 aliphatic carbocycles. The number of benzene rings is 1. The van der Waals surface area contributed by atoms with Gasteiger partial charge in [0.15, 0.2) is 5.76 Å². The standard InChI is InChI=1S/C18H18N2O5/c21-16(15-8-4-10-25-15)19-13-6-3-5-12(11-13)17(22)20-9-2-1-7-14(20)18(23)24/h3-6,8,10-11,14H,1-2,7,9H2,(H,19,21)(H,23,24). The molecule has 2 heterocycles. The number of amides is 2. The molecule has 25 heavy (non-hydrogen) atoms. The molecule has 130 valence electrons. The number of hydrogen-bond acceptors (Lipinski definition) is 4. The summed E-state index contributed by atoms with van der Waals surface area (Å²) >= 11 is 0. The van der Waals surface area contributed by atoms with Crippen molar-refractivity contribution in [1.82, 2.24) is 4.90 Å². The Labute approximate surface area is 144 Å². The van der Waals surface area contributed by atoms with Crippen molar-refractivity contribution >= 4 is 23.5 Å². The second kappa shape index (κ2) is 7.21. The van der Waals surface area contributed by atoms with Gasteiger partial charge in [0.1, 0.15) is 6.04 Å². The van der Waals surface area contributed by atoms with Crippen molar-refractivity contribution in [2.45, 2.75) is 25.3 Å². The van der Waals surface area contributed by atoms with Gasteiger partial charge >= 0.3 is 5.97 Å². The number of nitrogens with zero attached hydrogens (tertiary/aromatic N) is 1. The van der Waals surface area contributed by atoms with Gasteiger partial charge in [0.05, 0.1) is 6.26 Å². The molecule has 1 aromatic heterocycles. The molecule has 3 rings (SSSR count). The van der Waals surface area contributed by atoms with E-state index in [9.17, 15) is 19.5 Å². The second-order valence-corrected chi connectivity index (χ2v) is 5.86.